The Morgan fingerprint density at radius 3 is 2.94 bits per heavy atom. The molecule has 4 nitrogen and oxygen atoms in total. The summed E-state index contributed by atoms with van der Waals surface area (Å²) >= 11 is 6.04. The third kappa shape index (κ3) is 1.99. The van der Waals surface area contributed by atoms with E-state index in [1.807, 2.05) is 29.7 Å². The number of nitrogens with two attached hydrogens (primary N) is 1. The molecule has 0 saturated heterocycles. The van der Waals surface area contributed by atoms with Gasteiger partial charge in [0.05, 0.1) is 18.8 Å². The van der Waals surface area contributed by atoms with Gasteiger partial charge >= 0.3 is 0 Å². The molecule has 1 unspecified atom stereocenters. The summed E-state index contributed by atoms with van der Waals surface area (Å²) < 4.78 is 7.09. The lowest BCUT2D eigenvalue weighted by Gasteiger charge is -2.05. The van der Waals surface area contributed by atoms with Crippen LogP contribution in [0, 0.1) is 0 Å². The Morgan fingerprint density at radius 1 is 1.56 bits per heavy atom. The predicted molar refractivity (Wildman–Crippen MR) is 64.1 cm³/mol. The van der Waals surface area contributed by atoms with Gasteiger partial charge in [-0.25, -0.2) is 4.98 Å². The summed E-state index contributed by atoms with van der Waals surface area (Å²) in [4.78, 5) is 4.30. The van der Waals surface area contributed by atoms with Crippen molar-refractivity contribution in [3.05, 3.63) is 29.3 Å². The number of rotatable bonds is 3. The molecule has 2 N–H and O–H groups in total. The largest absolute Gasteiger partial charge is 0.495 e. The first-order valence-corrected chi connectivity index (χ1v) is 5.45. The highest BCUT2D eigenvalue weighted by Crippen LogP contribution is 2.22. The molecule has 0 saturated carbocycles. The Kier molecular flexibility index (Phi) is 3.03. The molecule has 0 radical (unpaired) electrons. The number of fused-ring (bicyclic) bond motifs is 1. The Labute approximate surface area is 99.0 Å². The van der Waals surface area contributed by atoms with Gasteiger partial charge < -0.3 is 10.5 Å². The normalized spacial score (nSPS) is 13.0. The summed E-state index contributed by atoms with van der Waals surface area (Å²) in [7, 11) is 1.63. The molecule has 16 heavy (non-hydrogen) atoms. The van der Waals surface area contributed by atoms with Crippen LogP contribution in [0.2, 0.25) is 5.15 Å². The first-order chi connectivity index (χ1) is 7.61. The summed E-state index contributed by atoms with van der Waals surface area (Å²) in [5, 5.41) is 0.498. The lowest BCUT2D eigenvalue weighted by atomic mass is 10.2. The molecule has 0 bridgehead atoms. The SMILES string of the molecule is COc1ccc2c(Cl)nc(CC(C)N)n2c1. The molecular formula is C11H14ClN3O. The minimum absolute atomic E-state index is 0.0490. The first kappa shape index (κ1) is 11.2. The molecule has 0 amide bonds. The third-order valence-corrected chi connectivity index (χ3v) is 2.66. The van der Waals surface area contributed by atoms with E-state index in [9.17, 15) is 0 Å². The van der Waals surface area contributed by atoms with Crippen LogP contribution in [0.25, 0.3) is 5.52 Å². The van der Waals surface area contributed by atoms with Crippen LogP contribution in [-0.2, 0) is 6.42 Å². The van der Waals surface area contributed by atoms with Crippen molar-refractivity contribution >= 4 is 17.1 Å². The lowest BCUT2D eigenvalue weighted by molar-refractivity contribution is 0.412. The zero-order chi connectivity index (χ0) is 11.7. The van der Waals surface area contributed by atoms with Crippen LogP contribution in [0.3, 0.4) is 0 Å². The van der Waals surface area contributed by atoms with E-state index in [0.29, 0.717) is 11.6 Å². The summed E-state index contributed by atoms with van der Waals surface area (Å²) in [6, 6.07) is 3.80. The molecular weight excluding hydrogens is 226 g/mol. The fourth-order valence-electron chi connectivity index (χ4n) is 1.64. The molecule has 0 aliphatic carbocycles. The van der Waals surface area contributed by atoms with Crippen molar-refractivity contribution in [1.82, 2.24) is 9.38 Å². The van der Waals surface area contributed by atoms with Crippen LogP contribution < -0.4 is 10.5 Å². The highest BCUT2D eigenvalue weighted by molar-refractivity contribution is 6.32. The van der Waals surface area contributed by atoms with Crippen LogP contribution in [-0.4, -0.2) is 22.5 Å². The number of methoxy groups -OCH3 is 1. The highest BCUT2D eigenvalue weighted by atomic mass is 35.5. The number of imidazole rings is 1. The molecule has 2 heterocycles. The van der Waals surface area contributed by atoms with E-state index in [1.54, 1.807) is 7.11 Å². The lowest BCUT2D eigenvalue weighted by Crippen LogP contribution is -2.19. The van der Waals surface area contributed by atoms with Gasteiger partial charge in [0.25, 0.3) is 0 Å². The van der Waals surface area contributed by atoms with Crippen molar-refractivity contribution in [3.8, 4) is 5.75 Å². The number of halogens is 1. The topological polar surface area (TPSA) is 52.5 Å². The van der Waals surface area contributed by atoms with Crippen LogP contribution >= 0.6 is 11.6 Å². The van der Waals surface area contributed by atoms with Crippen molar-refractivity contribution in [2.75, 3.05) is 7.11 Å². The van der Waals surface area contributed by atoms with Crippen LogP contribution in [0.1, 0.15) is 12.7 Å². The predicted octanol–water partition coefficient (Wildman–Crippen LogP) is 1.89. The average Bonchev–Trinajstić information content (AvgIpc) is 2.54. The van der Waals surface area contributed by atoms with E-state index < -0.39 is 0 Å². The number of hydrogen-bond donors (Lipinski definition) is 1. The molecule has 2 aromatic heterocycles. The molecule has 1 atom stereocenters. The van der Waals surface area contributed by atoms with E-state index in [2.05, 4.69) is 4.98 Å². The van der Waals surface area contributed by atoms with Crippen molar-refractivity contribution in [2.45, 2.75) is 19.4 Å². The minimum atomic E-state index is 0.0490. The minimum Gasteiger partial charge on any atom is -0.495 e. The monoisotopic (exact) mass is 239 g/mol. The second kappa shape index (κ2) is 4.31. The van der Waals surface area contributed by atoms with Gasteiger partial charge in [0.15, 0.2) is 5.15 Å². The number of hydrogen-bond acceptors (Lipinski definition) is 3. The molecule has 0 aliphatic rings. The Bertz CT molecular complexity index is 507. The van der Waals surface area contributed by atoms with E-state index in [-0.39, 0.29) is 6.04 Å². The first-order valence-electron chi connectivity index (χ1n) is 5.08. The Hall–Kier alpha value is -1.26. The van der Waals surface area contributed by atoms with Crippen LogP contribution in [0.15, 0.2) is 18.3 Å². The number of ether oxygens (including phenoxy) is 1. The summed E-state index contributed by atoms with van der Waals surface area (Å²) in [5.41, 5.74) is 6.64. The molecule has 0 fully saturated rings. The molecule has 5 heteroatoms. The standard InChI is InChI=1S/C11H14ClN3O/c1-7(13)5-10-14-11(12)9-4-3-8(16-2)6-15(9)10/h3-4,6-7H,5,13H2,1-2H3. The van der Waals surface area contributed by atoms with E-state index in [1.165, 1.54) is 0 Å². The van der Waals surface area contributed by atoms with Gasteiger partial charge in [0, 0.05) is 12.5 Å². The summed E-state index contributed by atoms with van der Waals surface area (Å²) in [5.74, 6) is 1.63. The van der Waals surface area contributed by atoms with Gasteiger partial charge in [-0.05, 0) is 19.1 Å². The molecule has 2 rings (SSSR count). The van der Waals surface area contributed by atoms with Gasteiger partial charge in [-0.1, -0.05) is 11.6 Å². The number of nitrogens with zero attached hydrogens (tertiary/aromatic N) is 2. The fraction of sp³-hybridized carbons (Fsp3) is 0.364. The molecule has 86 valence electrons. The fourth-order valence-corrected chi connectivity index (χ4v) is 1.89. The third-order valence-electron chi connectivity index (χ3n) is 2.38. The van der Waals surface area contributed by atoms with Crippen molar-refractivity contribution < 1.29 is 4.74 Å². The second-order valence-corrected chi connectivity index (χ2v) is 4.18. The van der Waals surface area contributed by atoms with E-state index in [0.717, 1.165) is 17.1 Å². The van der Waals surface area contributed by atoms with Gasteiger partial charge in [-0.2, -0.15) is 0 Å². The van der Waals surface area contributed by atoms with Crippen LogP contribution in [0.5, 0.6) is 5.75 Å². The smallest absolute Gasteiger partial charge is 0.155 e. The average molecular weight is 240 g/mol. The van der Waals surface area contributed by atoms with Gasteiger partial charge in [-0.15, -0.1) is 0 Å². The van der Waals surface area contributed by atoms with Crippen molar-refractivity contribution in [3.63, 3.8) is 0 Å². The van der Waals surface area contributed by atoms with Gasteiger partial charge in [-0.3, -0.25) is 4.40 Å². The maximum Gasteiger partial charge on any atom is 0.155 e. The zero-order valence-corrected chi connectivity index (χ0v) is 10.0. The summed E-state index contributed by atoms with van der Waals surface area (Å²) in [6.45, 7) is 1.94. The number of aromatic nitrogens is 2. The number of pyridine rings is 1. The van der Waals surface area contributed by atoms with Crippen molar-refractivity contribution in [1.29, 1.82) is 0 Å². The van der Waals surface area contributed by atoms with Crippen molar-refractivity contribution in [2.24, 2.45) is 5.73 Å². The molecule has 0 aromatic carbocycles. The zero-order valence-electron chi connectivity index (χ0n) is 9.27. The Balaban J connectivity index is 2.56. The van der Waals surface area contributed by atoms with Gasteiger partial charge in [0.1, 0.15) is 11.6 Å². The summed E-state index contributed by atoms with van der Waals surface area (Å²) in [6.07, 6.45) is 2.55. The molecule has 0 aliphatic heterocycles. The van der Waals surface area contributed by atoms with Gasteiger partial charge in [0.2, 0.25) is 0 Å². The Morgan fingerprint density at radius 2 is 2.31 bits per heavy atom. The highest BCUT2D eigenvalue weighted by Gasteiger charge is 2.11. The van der Waals surface area contributed by atoms with Crippen LogP contribution in [0.4, 0.5) is 0 Å². The molecule has 0 spiro atoms. The maximum atomic E-state index is 6.04. The quantitative estimate of drug-likeness (QED) is 0.890. The maximum absolute atomic E-state index is 6.04. The van der Waals surface area contributed by atoms with E-state index in [4.69, 9.17) is 22.1 Å². The molecule has 2 aromatic rings. The second-order valence-electron chi connectivity index (χ2n) is 3.82. The van der Waals surface area contributed by atoms with E-state index >= 15 is 0 Å².